The van der Waals surface area contributed by atoms with E-state index in [0.29, 0.717) is 30.2 Å². The van der Waals surface area contributed by atoms with Crippen molar-refractivity contribution in [3.05, 3.63) is 35.4 Å². The summed E-state index contributed by atoms with van der Waals surface area (Å²) in [6.45, 7) is 1.01. The second-order valence-electron chi connectivity index (χ2n) is 3.61. The molecule has 0 fully saturated rings. The molecule has 1 heterocycles. The SMILES string of the molecule is O=C1c2ccccc2C(=O)N1CCOCCCl. The minimum Gasteiger partial charge on any atom is -0.378 e. The number of nitrogens with zero attached hydrogens (tertiary/aromatic N) is 1. The van der Waals surface area contributed by atoms with Crippen LogP contribution in [0.2, 0.25) is 0 Å². The normalized spacial score (nSPS) is 14.3. The first-order chi connectivity index (χ1) is 8.25. The van der Waals surface area contributed by atoms with Gasteiger partial charge in [-0.15, -0.1) is 11.6 Å². The van der Waals surface area contributed by atoms with Gasteiger partial charge in [0, 0.05) is 5.88 Å². The van der Waals surface area contributed by atoms with E-state index in [0.717, 1.165) is 0 Å². The van der Waals surface area contributed by atoms with Crippen molar-refractivity contribution in [3.63, 3.8) is 0 Å². The Balaban J connectivity index is 2.03. The van der Waals surface area contributed by atoms with Gasteiger partial charge in [0.15, 0.2) is 0 Å². The number of carbonyl (C=O) groups excluding carboxylic acids is 2. The number of benzene rings is 1. The van der Waals surface area contributed by atoms with Crippen molar-refractivity contribution in [1.29, 1.82) is 0 Å². The Bertz CT molecular complexity index is 412. The Morgan fingerprint density at radius 1 is 1.06 bits per heavy atom. The predicted octanol–water partition coefficient (Wildman–Crippen LogP) is 1.54. The molecule has 17 heavy (non-hydrogen) atoms. The van der Waals surface area contributed by atoms with Gasteiger partial charge in [0.1, 0.15) is 0 Å². The Labute approximate surface area is 104 Å². The third kappa shape index (κ3) is 2.33. The summed E-state index contributed by atoms with van der Waals surface area (Å²) < 4.78 is 5.16. The summed E-state index contributed by atoms with van der Waals surface area (Å²) in [5, 5.41) is 0. The van der Waals surface area contributed by atoms with Gasteiger partial charge in [-0.25, -0.2) is 0 Å². The molecule has 0 saturated carbocycles. The largest absolute Gasteiger partial charge is 0.378 e. The van der Waals surface area contributed by atoms with Gasteiger partial charge >= 0.3 is 0 Å². The van der Waals surface area contributed by atoms with Crippen molar-refractivity contribution in [1.82, 2.24) is 4.90 Å². The molecular weight excluding hydrogens is 242 g/mol. The fraction of sp³-hybridized carbons (Fsp3) is 0.333. The summed E-state index contributed by atoms with van der Waals surface area (Å²) >= 11 is 5.45. The number of alkyl halides is 1. The van der Waals surface area contributed by atoms with Crippen molar-refractivity contribution in [3.8, 4) is 0 Å². The molecule has 1 aromatic carbocycles. The lowest BCUT2D eigenvalue weighted by molar-refractivity contribution is 0.0576. The lowest BCUT2D eigenvalue weighted by atomic mass is 10.1. The van der Waals surface area contributed by atoms with Crippen LogP contribution in [0.3, 0.4) is 0 Å². The third-order valence-corrected chi connectivity index (χ3v) is 2.71. The Morgan fingerprint density at radius 2 is 1.65 bits per heavy atom. The Hall–Kier alpha value is -1.39. The van der Waals surface area contributed by atoms with Crippen LogP contribution >= 0.6 is 11.6 Å². The van der Waals surface area contributed by atoms with Crippen molar-refractivity contribution >= 4 is 23.4 Å². The smallest absolute Gasteiger partial charge is 0.261 e. The monoisotopic (exact) mass is 253 g/mol. The van der Waals surface area contributed by atoms with E-state index >= 15 is 0 Å². The highest BCUT2D eigenvalue weighted by atomic mass is 35.5. The number of fused-ring (bicyclic) bond motifs is 1. The lowest BCUT2D eigenvalue weighted by Crippen LogP contribution is -2.33. The molecule has 0 aliphatic carbocycles. The summed E-state index contributed by atoms with van der Waals surface area (Å²) in [5.41, 5.74) is 0.935. The zero-order valence-corrected chi connectivity index (χ0v) is 9.94. The zero-order chi connectivity index (χ0) is 12.3. The van der Waals surface area contributed by atoms with Crippen LogP contribution in [0.15, 0.2) is 24.3 Å². The average Bonchev–Trinajstić information content (AvgIpc) is 2.60. The quantitative estimate of drug-likeness (QED) is 0.454. The molecule has 90 valence electrons. The number of imide groups is 1. The highest BCUT2D eigenvalue weighted by Gasteiger charge is 2.34. The van der Waals surface area contributed by atoms with Crippen LogP contribution in [0.5, 0.6) is 0 Å². The molecule has 0 aromatic heterocycles. The molecule has 0 spiro atoms. The second-order valence-corrected chi connectivity index (χ2v) is 3.99. The van der Waals surface area contributed by atoms with Crippen molar-refractivity contribution in [2.75, 3.05) is 25.6 Å². The number of hydrogen-bond acceptors (Lipinski definition) is 3. The van der Waals surface area contributed by atoms with E-state index in [1.807, 2.05) is 0 Å². The minimum atomic E-state index is -0.250. The van der Waals surface area contributed by atoms with Crippen molar-refractivity contribution < 1.29 is 14.3 Å². The summed E-state index contributed by atoms with van der Waals surface area (Å²) in [5.74, 6) is -0.0950. The molecule has 2 rings (SSSR count). The highest BCUT2D eigenvalue weighted by Crippen LogP contribution is 2.21. The number of ether oxygens (including phenoxy) is 1. The third-order valence-electron chi connectivity index (χ3n) is 2.56. The lowest BCUT2D eigenvalue weighted by Gasteiger charge is -2.13. The molecule has 0 saturated heterocycles. The standard InChI is InChI=1S/C12H12ClNO3/c13-5-7-17-8-6-14-11(15)9-3-1-2-4-10(9)12(14)16/h1-4H,5-8H2. The van der Waals surface area contributed by atoms with Crippen LogP contribution in [0.4, 0.5) is 0 Å². The molecule has 4 nitrogen and oxygen atoms in total. The summed E-state index contributed by atoms with van der Waals surface area (Å²) in [7, 11) is 0. The maximum atomic E-state index is 11.9. The molecule has 0 N–H and O–H groups in total. The van der Waals surface area contributed by atoms with Gasteiger partial charge in [-0.2, -0.15) is 0 Å². The molecule has 1 aromatic rings. The molecule has 0 bridgehead atoms. The second kappa shape index (κ2) is 5.29. The molecule has 1 aliphatic rings. The first kappa shape index (κ1) is 12.1. The molecule has 0 unspecified atom stereocenters. The summed E-state index contributed by atoms with van der Waals surface area (Å²) in [4.78, 5) is 25.0. The van der Waals surface area contributed by atoms with Gasteiger partial charge in [-0.3, -0.25) is 14.5 Å². The van der Waals surface area contributed by atoms with Crippen LogP contribution < -0.4 is 0 Å². The van der Waals surface area contributed by atoms with Gasteiger partial charge < -0.3 is 4.74 Å². The van der Waals surface area contributed by atoms with Crippen LogP contribution in [0, 0.1) is 0 Å². The van der Waals surface area contributed by atoms with E-state index in [1.54, 1.807) is 24.3 Å². The molecule has 0 atom stereocenters. The number of halogens is 1. The van der Waals surface area contributed by atoms with Crippen molar-refractivity contribution in [2.24, 2.45) is 0 Å². The topological polar surface area (TPSA) is 46.6 Å². The van der Waals surface area contributed by atoms with Gasteiger partial charge in [0.05, 0.1) is 30.9 Å². The maximum Gasteiger partial charge on any atom is 0.261 e. The first-order valence-corrected chi connectivity index (χ1v) is 5.88. The summed E-state index contributed by atoms with van der Waals surface area (Å²) in [6.07, 6.45) is 0. The van der Waals surface area contributed by atoms with E-state index in [2.05, 4.69) is 0 Å². The number of rotatable bonds is 5. The maximum absolute atomic E-state index is 11.9. The van der Waals surface area contributed by atoms with Gasteiger partial charge in [0.2, 0.25) is 0 Å². The van der Waals surface area contributed by atoms with Gasteiger partial charge in [-0.05, 0) is 12.1 Å². The number of carbonyl (C=O) groups is 2. The first-order valence-electron chi connectivity index (χ1n) is 5.34. The van der Waals surface area contributed by atoms with Crippen LogP contribution in [0.25, 0.3) is 0 Å². The van der Waals surface area contributed by atoms with Gasteiger partial charge in [-0.1, -0.05) is 12.1 Å². The van der Waals surface area contributed by atoms with Gasteiger partial charge in [0.25, 0.3) is 11.8 Å². The van der Waals surface area contributed by atoms with E-state index in [4.69, 9.17) is 16.3 Å². The summed E-state index contributed by atoms with van der Waals surface area (Å²) in [6, 6.07) is 6.82. The fourth-order valence-corrected chi connectivity index (χ4v) is 1.86. The predicted molar refractivity (Wildman–Crippen MR) is 63.3 cm³/mol. The van der Waals surface area contributed by atoms with Crippen molar-refractivity contribution in [2.45, 2.75) is 0 Å². The van der Waals surface area contributed by atoms with E-state index in [9.17, 15) is 9.59 Å². The van der Waals surface area contributed by atoms with Crippen LogP contribution in [-0.4, -0.2) is 42.4 Å². The van der Waals surface area contributed by atoms with E-state index in [1.165, 1.54) is 4.90 Å². The molecule has 2 amide bonds. The molecule has 0 radical (unpaired) electrons. The van der Waals surface area contributed by atoms with E-state index in [-0.39, 0.29) is 18.4 Å². The van der Waals surface area contributed by atoms with Crippen LogP contribution in [0.1, 0.15) is 20.7 Å². The Morgan fingerprint density at radius 3 is 2.18 bits per heavy atom. The molecule has 5 heteroatoms. The molecular formula is C12H12ClNO3. The number of amides is 2. The van der Waals surface area contributed by atoms with E-state index < -0.39 is 0 Å². The Kier molecular flexibility index (Phi) is 3.76. The zero-order valence-electron chi connectivity index (χ0n) is 9.19. The van der Waals surface area contributed by atoms with Crippen LogP contribution in [-0.2, 0) is 4.74 Å². The highest BCUT2D eigenvalue weighted by molar-refractivity contribution is 6.21. The minimum absolute atomic E-state index is 0.250. The number of hydrogen-bond donors (Lipinski definition) is 0. The fourth-order valence-electron chi connectivity index (χ4n) is 1.75. The average molecular weight is 254 g/mol. The molecule has 1 aliphatic heterocycles.